The molecule has 2 rings (SSSR count). The number of amides is 1. The molecule has 0 radical (unpaired) electrons. The molecule has 0 aliphatic rings. The molecule has 0 fully saturated rings. The molecule has 1 amide bonds. The zero-order valence-corrected chi connectivity index (χ0v) is 13.0. The molecule has 2 aromatic rings. The van der Waals surface area contributed by atoms with Gasteiger partial charge in [-0.3, -0.25) is 14.9 Å². The summed E-state index contributed by atoms with van der Waals surface area (Å²) in [5.41, 5.74) is 0.676. The molecule has 130 valence electrons. The summed E-state index contributed by atoms with van der Waals surface area (Å²) < 4.78 is 23.1. The van der Waals surface area contributed by atoms with Crippen LogP contribution >= 0.6 is 0 Å². The fraction of sp³-hybridized carbons (Fsp3) is 0.125. The number of esters is 1. The molecule has 1 heterocycles. The predicted molar refractivity (Wildman–Crippen MR) is 85.1 cm³/mol. The first kappa shape index (κ1) is 17.9. The minimum Gasteiger partial charge on any atom is -0.452 e. The number of aryl methyl sites for hydroxylation is 1. The Morgan fingerprint density at radius 1 is 1.36 bits per heavy atom. The molecule has 8 nitrogen and oxygen atoms in total. The molecule has 1 N–H and O–H groups in total. The largest absolute Gasteiger partial charge is 0.452 e. The molecule has 0 spiro atoms. The second-order valence-corrected chi connectivity index (χ2v) is 4.91. The third-order valence-electron chi connectivity index (χ3n) is 2.92. The first-order chi connectivity index (χ1) is 11.8. The Hall–Kier alpha value is -3.49. The Kier molecular flexibility index (Phi) is 5.62. The third-order valence-corrected chi connectivity index (χ3v) is 2.92. The number of furan rings is 1. The van der Waals surface area contributed by atoms with E-state index in [-0.39, 0.29) is 11.4 Å². The van der Waals surface area contributed by atoms with Crippen molar-refractivity contribution >= 4 is 29.5 Å². The number of rotatable bonds is 6. The summed E-state index contributed by atoms with van der Waals surface area (Å²) >= 11 is 0. The molecular formula is C16H13FN2O6. The van der Waals surface area contributed by atoms with Gasteiger partial charge in [0.25, 0.3) is 5.91 Å². The summed E-state index contributed by atoms with van der Waals surface area (Å²) in [4.78, 5) is 32.9. The maximum absolute atomic E-state index is 13.6. The highest BCUT2D eigenvalue weighted by molar-refractivity contribution is 5.94. The lowest BCUT2D eigenvalue weighted by molar-refractivity contribution is -0.402. The lowest BCUT2D eigenvalue weighted by Crippen LogP contribution is -2.20. The van der Waals surface area contributed by atoms with Crippen molar-refractivity contribution in [3.8, 4) is 0 Å². The van der Waals surface area contributed by atoms with E-state index < -0.39 is 35.1 Å². The zero-order valence-electron chi connectivity index (χ0n) is 13.0. The van der Waals surface area contributed by atoms with Crippen molar-refractivity contribution in [2.75, 3.05) is 11.9 Å². The van der Waals surface area contributed by atoms with E-state index in [9.17, 15) is 24.1 Å². The van der Waals surface area contributed by atoms with Crippen LogP contribution in [0.1, 0.15) is 11.3 Å². The Balaban J connectivity index is 1.83. The van der Waals surface area contributed by atoms with E-state index in [2.05, 4.69) is 10.1 Å². The maximum Gasteiger partial charge on any atom is 0.433 e. The van der Waals surface area contributed by atoms with Crippen molar-refractivity contribution in [1.82, 2.24) is 0 Å². The number of benzene rings is 1. The van der Waals surface area contributed by atoms with Gasteiger partial charge in [-0.05, 0) is 36.8 Å². The van der Waals surface area contributed by atoms with Crippen molar-refractivity contribution in [1.29, 1.82) is 0 Å². The van der Waals surface area contributed by atoms with Crippen molar-refractivity contribution in [2.45, 2.75) is 6.92 Å². The van der Waals surface area contributed by atoms with Crippen LogP contribution in [0.2, 0.25) is 0 Å². The Morgan fingerprint density at radius 3 is 2.76 bits per heavy atom. The number of hydrogen-bond donors (Lipinski definition) is 1. The zero-order chi connectivity index (χ0) is 18.4. The van der Waals surface area contributed by atoms with Gasteiger partial charge in [0.1, 0.15) is 16.5 Å². The second kappa shape index (κ2) is 7.86. The molecule has 0 unspecified atom stereocenters. The van der Waals surface area contributed by atoms with Crippen molar-refractivity contribution in [2.24, 2.45) is 0 Å². The fourth-order valence-electron chi connectivity index (χ4n) is 1.77. The number of carbonyl (C=O) groups excluding carboxylic acids is 2. The molecule has 0 saturated carbocycles. The van der Waals surface area contributed by atoms with Gasteiger partial charge in [0, 0.05) is 6.08 Å². The van der Waals surface area contributed by atoms with Crippen molar-refractivity contribution in [3.63, 3.8) is 0 Å². The Morgan fingerprint density at radius 2 is 2.12 bits per heavy atom. The Bertz CT molecular complexity index is 843. The number of nitrogens with zero attached hydrogens (tertiary/aromatic N) is 1. The molecule has 0 atom stereocenters. The average molecular weight is 348 g/mol. The SMILES string of the molecule is Cc1ccc(NC(=O)COC(=O)/C=C/c2ccc([N+](=O)[O-])o2)c(F)c1. The topological polar surface area (TPSA) is 112 Å². The van der Waals surface area contributed by atoms with Gasteiger partial charge in [-0.15, -0.1) is 0 Å². The van der Waals surface area contributed by atoms with Gasteiger partial charge in [-0.25, -0.2) is 9.18 Å². The third kappa shape index (κ3) is 5.27. The first-order valence-electron chi connectivity index (χ1n) is 7.00. The second-order valence-electron chi connectivity index (χ2n) is 4.91. The molecule has 0 aliphatic carbocycles. The van der Waals surface area contributed by atoms with Crippen molar-refractivity contribution < 1.29 is 28.1 Å². The number of hydrogen-bond acceptors (Lipinski definition) is 6. The number of nitro groups is 1. The van der Waals surface area contributed by atoms with Gasteiger partial charge in [0.15, 0.2) is 6.61 Å². The number of ether oxygens (including phenoxy) is 1. The van der Waals surface area contributed by atoms with Gasteiger partial charge >= 0.3 is 11.9 Å². The smallest absolute Gasteiger partial charge is 0.433 e. The number of halogens is 1. The van der Waals surface area contributed by atoms with Gasteiger partial charge in [-0.1, -0.05) is 6.07 Å². The molecular weight excluding hydrogens is 335 g/mol. The standard InChI is InChI=1S/C16H13FN2O6/c1-10-2-5-13(12(17)8-10)18-14(20)9-24-16(21)7-4-11-3-6-15(25-11)19(22)23/h2-8H,9H2,1H3,(H,18,20)/b7-4+. The van der Waals surface area contributed by atoms with E-state index in [1.54, 1.807) is 13.0 Å². The number of carbonyl (C=O) groups is 2. The van der Waals surface area contributed by atoms with Gasteiger partial charge < -0.3 is 14.5 Å². The summed E-state index contributed by atoms with van der Waals surface area (Å²) in [6, 6.07) is 6.71. The van der Waals surface area contributed by atoms with Crippen LogP contribution in [0.4, 0.5) is 16.0 Å². The van der Waals surface area contributed by atoms with E-state index >= 15 is 0 Å². The van der Waals surface area contributed by atoms with Gasteiger partial charge in [-0.2, -0.15) is 0 Å². The fourth-order valence-corrected chi connectivity index (χ4v) is 1.77. The summed E-state index contributed by atoms with van der Waals surface area (Å²) in [5, 5.41) is 12.7. The van der Waals surface area contributed by atoms with Crippen LogP contribution < -0.4 is 5.32 Å². The minimum atomic E-state index is -0.862. The minimum absolute atomic E-state index is 0.0231. The highest BCUT2D eigenvalue weighted by Crippen LogP contribution is 2.17. The molecule has 0 saturated heterocycles. The van der Waals surface area contributed by atoms with Crippen LogP contribution in [0.3, 0.4) is 0 Å². The van der Waals surface area contributed by atoms with Crippen LogP contribution in [0.15, 0.2) is 40.8 Å². The van der Waals surface area contributed by atoms with Crippen LogP contribution in [-0.2, 0) is 14.3 Å². The van der Waals surface area contributed by atoms with Crippen LogP contribution in [0.5, 0.6) is 0 Å². The van der Waals surface area contributed by atoms with Crippen molar-refractivity contribution in [3.05, 3.63) is 63.7 Å². The lowest BCUT2D eigenvalue weighted by atomic mass is 10.2. The number of anilines is 1. The molecule has 1 aromatic carbocycles. The van der Waals surface area contributed by atoms with Crippen LogP contribution in [-0.4, -0.2) is 23.4 Å². The van der Waals surface area contributed by atoms with E-state index in [1.807, 2.05) is 0 Å². The van der Waals surface area contributed by atoms with E-state index in [4.69, 9.17) is 4.42 Å². The lowest BCUT2D eigenvalue weighted by Gasteiger charge is -2.07. The van der Waals surface area contributed by atoms with E-state index in [0.29, 0.717) is 5.56 Å². The summed E-state index contributed by atoms with van der Waals surface area (Å²) in [7, 11) is 0. The van der Waals surface area contributed by atoms with Crippen LogP contribution in [0, 0.1) is 22.9 Å². The normalized spacial score (nSPS) is 10.6. The molecule has 0 aliphatic heterocycles. The summed E-state index contributed by atoms with van der Waals surface area (Å²) in [5.74, 6) is -2.56. The highest BCUT2D eigenvalue weighted by atomic mass is 19.1. The first-order valence-corrected chi connectivity index (χ1v) is 7.00. The van der Waals surface area contributed by atoms with E-state index in [1.165, 1.54) is 18.2 Å². The molecule has 0 bridgehead atoms. The summed E-state index contributed by atoms with van der Waals surface area (Å²) in [6.45, 7) is 1.09. The molecule has 1 aromatic heterocycles. The van der Waals surface area contributed by atoms with Crippen LogP contribution in [0.25, 0.3) is 6.08 Å². The highest BCUT2D eigenvalue weighted by Gasteiger charge is 2.11. The number of nitrogens with one attached hydrogen (secondary N) is 1. The molecule has 25 heavy (non-hydrogen) atoms. The predicted octanol–water partition coefficient (Wildman–Crippen LogP) is 2.83. The quantitative estimate of drug-likeness (QED) is 0.372. The van der Waals surface area contributed by atoms with Gasteiger partial charge in [0.05, 0.1) is 11.8 Å². The monoisotopic (exact) mass is 348 g/mol. The van der Waals surface area contributed by atoms with E-state index in [0.717, 1.165) is 18.2 Å². The molecule has 9 heteroatoms. The average Bonchev–Trinajstić information content (AvgIpc) is 3.03. The maximum atomic E-state index is 13.6. The Labute approximate surface area is 141 Å². The van der Waals surface area contributed by atoms with Gasteiger partial charge in [0.2, 0.25) is 0 Å². The summed E-state index contributed by atoms with van der Waals surface area (Å²) in [6.07, 6.45) is 2.11.